The summed E-state index contributed by atoms with van der Waals surface area (Å²) in [5.74, 6) is 0.174. The number of nitrogens with one attached hydrogen (secondary N) is 1. The Morgan fingerprint density at radius 3 is 2.28 bits per heavy atom. The standard InChI is InChI=1S/C14H25NO3/c1-14(2,3)11-6-4-10(5-7-11)12(15-9-16)8-13(17)18/h9-12H,4-8H2,1-3H3,(H,15,16)(H,17,18). The molecule has 1 aliphatic carbocycles. The minimum atomic E-state index is -0.840. The molecule has 1 fully saturated rings. The number of amides is 1. The number of hydrogen-bond donors (Lipinski definition) is 2. The number of aliphatic carboxylic acids is 1. The van der Waals surface area contributed by atoms with Crippen LogP contribution < -0.4 is 5.32 Å². The minimum Gasteiger partial charge on any atom is -0.481 e. The summed E-state index contributed by atoms with van der Waals surface area (Å²) in [6.45, 7) is 6.78. The minimum absolute atomic E-state index is 0.0313. The molecular weight excluding hydrogens is 230 g/mol. The van der Waals surface area contributed by atoms with Crippen LogP contribution in [0.5, 0.6) is 0 Å². The normalized spacial score (nSPS) is 26.4. The van der Waals surface area contributed by atoms with Crippen LogP contribution in [0.3, 0.4) is 0 Å². The average molecular weight is 255 g/mol. The fourth-order valence-electron chi connectivity index (χ4n) is 3.02. The lowest BCUT2D eigenvalue weighted by Crippen LogP contribution is -2.40. The lowest BCUT2D eigenvalue weighted by molar-refractivity contribution is -0.138. The summed E-state index contributed by atoms with van der Waals surface area (Å²) in [6, 6.07) is -0.207. The van der Waals surface area contributed by atoms with Gasteiger partial charge in [0.2, 0.25) is 6.41 Å². The van der Waals surface area contributed by atoms with Crippen LogP contribution in [0.15, 0.2) is 0 Å². The molecule has 1 amide bonds. The first kappa shape index (κ1) is 15.0. The van der Waals surface area contributed by atoms with Crippen LogP contribution in [0.2, 0.25) is 0 Å². The summed E-state index contributed by atoms with van der Waals surface area (Å²) in [4.78, 5) is 21.4. The summed E-state index contributed by atoms with van der Waals surface area (Å²) in [5.41, 5.74) is 0.325. The Balaban J connectivity index is 2.53. The molecule has 0 aromatic rings. The number of carbonyl (C=O) groups excluding carboxylic acids is 1. The van der Waals surface area contributed by atoms with Gasteiger partial charge in [-0.1, -0.05) is 20.8 Å². The average Bonchev–Trinajstić information content (AvgIpc) is 2.27. The van der Waals surface area contributed by atoms with Gasteiger partial charge in [0.05, 0.1) is 6.42 Å². The van der Waals surface area contributed by atoms with Crippen molar-refractivity contribution in [1.29, 1.82) is 0 Å². The van der Waals surface area contributed by atoms with E-state index in [9.17, 15) is 9.59 Å². The Labute approximate surface area is 109 Å². The zero-order chi connectivity index (χ0) is 13.8. The summed E-state index contributed by atoms with van der Waals surface area (Å²) in [5, 5.41) is 11.5. The van der Waals surface area contributed by atoms with Gasteiger partial charge in [0.1, 0.15) is 0 Å². The van der Waals surface area contributed by atoms with Gasteiger partial charge in [-0.15, -0.1) is 0 Å². The highest BCUT2D eigenvalue weighted by atomic mass is 16.4. The fraction of sp³-hybridized carbons (Fsp3) is 0.857. The Morgan fingerprint density at radius 1 is 1.33 bits per heavy atom. The zero-order valence-electron chi connectivity index (χ0n) is 11.6. The van der Waals surface area contributed by atoms with Crippen LogP contribution in [-0.2, 0) is 9.59 Å². The number of carboxylic acids is 1. The van der Waals surface area contributed by atoms with Crippen molar-refractivity contribution in [2.45, 2.75) is 58.9 Å². The molecule has 0 radical (unpaired) electrons. The SMILES string of the molecule is CC(C)(C)C1CCC(C(CC(=O)O)NC=O)CC1. The lowest BCUT2D eigenvalue weighted by atomic mass is 9.68. The van der Waals surface area contributed by atoms with E-state index in [4.69, 9.17) is 5.11 Å². The second-order valence-electron chi connectivity index (χ2n) is 6.47. The molecule has 1 aliphatic rings. The summed E-state index contributed by atoms with van der Waals surface area (Å²) < 4.78 is 0. The maximum Gasteiger partial charge on any atom is 0.305 e. The van der Waals surface area contributed by atoms with Crippen molar-refractivity contribution >= 4 is 12.4 Å². The fourth-order valence-corrected chi connectivity index (χ4v) is 3.02. The van der Waals surface area contributed by atoms with Crippen LogP contribution in [0.1, 0.15) is 52.9 Å². The zero-order valence-corrected chi connectivity index (χ0v) is 11.6. The molecule has 104 valence electrons. The largest absolute Gasteiger partial charge is 0.481 e. The smallest absolute Gasteiger partial charge is 0.305 e. The van der Waals surface area contributed by atoms with Gasteiger partial charge in [0.15, 0.2) is 0 Å². The van der Waals surface area contributed by atoms with Gasteiger partial charge in [0.25, 0.3) is 0 Å². The molecule has 1 atom stereocenters. The summed E-state index contributed by atoms with van der Waals surface area (Å²) >= 11 is 0. The van der Waals surface area contributed by atoms with E-state index in [0.29, 0.717) is 23.7 Å². The summed E-state index contributed by atoms with van der Waals surface area (Å²) in [7, 11) is 0. The molecule has 18 heavy (non-hydrogen) atoms. The van der Waals surface area contributed by atoms with Gasteiger partial charge in [-0.2, -0.15) is 0 Å². The van der Waals surface area contributed by atoms with E-state index in [-0.39, 0.29) is 12.5 Å². The molecule has 0 bridgehead atoms. The number of carboxylic acid groups (broad SMARTS) is 1. The third-order valence-corrected chi connectivity index (χ3v) is 4.24. The third kappa shape index (κ3) is 4.31. The highest BCUT2D eigenvalue weighted by Gasteiger charge is 2.33. The van der Waals surface area contributed by atoms with E-state index in [1.54, 1.807) is 0 Å². The van der Waals surface area contributed by atoms with Gasteiger partial charge < -0.3 is 10.4 Å². The Morgan fingerprint density at radius 2 is 1.89 bits per heavy atom. The van der Waals surface area contributed by atoms with E-state index in [1.165, 1.54) is 0 Å². The van der Waals surface area contributed by atoms with Gasteiger partial charge in [-0.05, 0) is 42.9 Å². The molecule has 0 aromatic carbocycles. The maximum atomic E-state index is 10.8. The van der Waals surface area contributed by atoms with Crippen molar-refractivity contribution in [2.24, 2.45) is 17.3 Å². The van der Waals surface area contributed by atoms with Crippen molar-refractivity contribution in [3.8, 4) is 0 Å². The highest BCUT2D eigenvalue weighted by Crippen LogP contribution is 2.40. The number of rotatable bonds is 5. The van der Waals surface area contributed by atoms with E-state index < -0.39 is 5.97 Å². The molecular formula is C14H25NO3. The highest BCUT2D eigenvalue weighted by molar-refractivity contribution is 5.68. The summed E-state index contributed by atoms with van der Waals surface area (Å²) in [6.07, 6.45) is 4.95. The van der Waals surface area contributed by atoms with E-state index >= 15 is 0 Å². The van der Waals surface area contributed by atoms with Crippen molar-refractivity contribution < 1.29 is 14.7 Å². The molecule has 1 saturated carbocycles. The van der Waals surface area contributed by atoms with Crippen LogP contribution in [-0.4, -0.2) is 23.5 Å². The number of carbonyl (C=O) groups is 2. The molecule has 0 spiro atoms. The molecule has 0 aromatic heterocycles. The predicted molar refractivity (Wildman–Crippen MR) is 70.1 cm³/mol. The first-order valence-corrected chi connectivity index (χ1v) is 6.76. The lowest BCUT2D eigenvalue weighted by Gasteiger charge is -2.39. The Hall–Kier alpha value is -1.06. The second kappa shape index (κ2) is 6.21. The first-order valence-electron chi connectivity index (χ1n) is 6.76. The van der Waals surface area contributed by atoms with Crippen LogP contribution in [0, 0.1) is 17.3 Å². The van der Waals surface area contributed by atoms with Gasteiger partial charge >= 0.3 is 5.97 Å². The van der Waals surface area contributed by atoms with Crippen molar-refractivity contribution in [3.63, 3.8) is 0 Å². The molecule has 4 nitrogen and oxygen atoms in total. The molecule has 0 aliphatic heterocycles. The Kier molecular flexibility index (Phi) is 5.17. The molecule has 0 saturated heterocycles. The van der Waals surface area contributed by atoms with E-state index in [2.05, 4.69) is 26.1 Å². The van der Waals surface area contributed by atoms with Crippen molar-refractivity contribution in [3.05, 3.63) is 0 Å². The van der Waals surface area contributed by atoms with Gasteiger partial charge in [-0.25, -0.2) is 0 Å². The molecule has 0 heterocycles. The first-order chi connectivity index (χ1) is 8.34. The maximum absolute atomic E-state index is 10.8. The quantitative estimate of drug-likeness (QED) is 0.741. The molecule has 2 N–H and O–H groups in total. The van der Waals surface area contributed by atoms with Gasteiger partial charge in [0, 0.05) is 6.04 Å². The topological polar surface area (TPSA) is 66.4 Å². The predicted octanol–water partition coefficient (Wildman–Crippen LogP) is 2.43. The van der Waals surface area contributed by atoms with Crippen molar-refractivity contribution in [2.75, 3.05) is 0 Å². The van der Waals surface area contributed by atoms with E-state index in [0.717, 1.165) is 25.7 Å². The van der Waals surface area contributed by atoms with Crippen molar-refractivity contribution in [1.82, 2.24) is 5.32 Å². The molecule has 1 unspecified atom stereocenters. The monoisotopic (exact) mass is 255 g/mol. The van der Waals surface area contributed by atoms with Crippen LogP contribution in [0.4, 0.5) is 0 Å². The van der Waals surface area contributed by atoms with E-state index in [1.807, 2.05) is 0 Å². The molecule has 4 heteroatoms. The Bertz CT molecular complexity index is 288. The van der Waals surface area contributed by atoms with Crippen LogP contribution >= 0.6 is 0 Å². The van der Waals surface area contributed by atoms with Gasteiger partial charge in [-0.3, -0.25) is 9.59 Å². The number of hydrogen-bond acceptors (Lipinski definition) is 2. The third-order valence-electron chi connectivity index (χ3n) is 4.24. The second-order valence-corrected chi connectivity index (χ2v) is 6.47. The molecule has 1 rings (SSSR count). The van der Waals surface area contributed by atoms with Crippen LogP contribution in [0.25, 0.3) is 0 Å².